The SMILES string of the molecule is CCCCCC[C@H]1C[C@@H]1C(=O)NNC(=O)c1ccccc1Br. The van der Waals surface area contributed by atoms with Gasteiger partial charge in [0.2, 0.25) is 5.91 Å². The summed E-state index contributed by atoms with van der Waals surface area (Å²) in [6, 6.07) is 7.13. The standard InChI is InChI=1S/C17H23BrN2O2/c1-2-3-4-5-8-12-11-14(12)17(22)20-19-16(21)13-9-6-7-10-15(13)18/h6-7,9-10,12,14H,2-5,8,11H2,1H3,(H,19,21)(H,20,22)/t12-,14-/m0/s1. The third-order valence-electron chi connectivity index (χ3n) is 4.11. The van der Waals surface area contributed by atoms with Crippen LogP contribution in [-0.2, 0) is 4.79 Å². The summed E-state index contributed by atoms with van der Waals surface area (Å²) in [7, 11) is 0. The number of benzene rings is 1. The van der Waals surface area contributed by atoms with Crippen LogP contribution in [0.15, 0.2) is 28.7 Å². The molecule has 1 aromatic rings. The number of hydrogen-bond acceptors (Lipinski definition) is 2. The summed E-state index contributed by atoms with van der Waals surface area (Å²) in [5.74, 6) is 0.195. The molecule has 1 fully saturated rings. The van der Waals surface area contributed by atoms with E-state index >= 15 is 0 Å². The quantitative estimate of drug-likeness (QED) is 0.569. The van der Waals surface area contributed by atoms with Crippen molar-refractivity contribution >= 4 is 27.7 Å². The van der Waals surface area contributed by atoms with Crippen LogP contribution in [0.5, 0.6) is 0 Å². The van der Waals surface area contributed by atoms with Gasteiger partial charge in [-0.3, -0.25) is 20.4 Å². The van der Waals surface area contributed by atoms with Crippen molar-refractivity contribution in [3.63, 3.8) is 0 Å². The molecule has 2 atom stereocenters. The third kappa shape index (κ3) is 4.83. The number of carbonyl (C=O) groups excluding carboxylic acids is 2. The summed E-state index contributed by atoms with van der Waals surface area (Å²) in [5, 5.41) is 0. The number of rotatable bonds is 7. The average molecular weight is 367 g/mol. The van der Waals surface area contributed by atoms with E-state index in [2.05, 4.69) is 33.7 Å². The molecule has 1 aliphatic rings. The van der Waals surface area contributed by atoms with Crippen molar-refractivity contribution < 1.29 is 9.59 Å². The Labute approximate surface area is 140 Å². The molecule has 1 aliphatic carbocycles. The molecule has 1 saturated carbocycles. The molecule has 0 radical (unpaired) electrons. The zero-order valence-corrected chi connectivity index (χ0v) is 14.5. The molecular weight excluding hydrogens is 344 g/mol. The lowest BCUT2D eigenvalue weighted by Gasteiger charge is -2.08. The highest BCUT2D eigenvalue weighted by Gasteiger charge is 2.42. The lowest BCUT2D eigenvalue weighted by molar-refractivity contribution is -0.123. The second-order valence-electron chi connectivity index (χ2n) is 5.87. The van der Waals surface area contributed by atoms with E-state index in [1.807, 2.05) is 6.07 Å². The first kappa shape index (κ1) is 17.0. The largest absolute Gasteiger partial charge is 0.273 e. The van der Waals surface area contributed by atoms with Crippen LogP contribution in [-0.4, -0.2) is 11.8 Å². The molecule has 0 aromatic heterocycles. The van der Waals surface area contributed by atoms with Gasteiger partial charge in [0.05, 0.1) is 5.56 Å². The molecule has 0 bridgehead atoms. The van der Waals surface area contributed by atoms with Gasteiger partial charge in [-0.15, -0.1) is 0 Å². The van der Waals surface area contributed by atoms with E-state index in [9.17, 15) is 9.59 Å². The van der Waals surface area contributed by atoms with Crippen LogP contribution < -0.4 is 10.9 Å². The first-order valence-corrected chi connectivity index (χ1v) is 8.77. The highest BCUT2D eigenvalue weighted by atomic mass is 79.9. The molecule has 0 saturated heterocycles. The Hall–Kier alpha value is -1.36. The van der Waals surface area contributed by atoms with Gasteiger partial charge in [-0.1, -0.05) is 44.7 Å². The number of nitrogens with one attached hydrogen (secondary N) is 2. The Kier molecular flexibility index (Phi) is 6.43. The lowest BCUT2D eigenvalue weighted by atomic mass is 10.1. The molecule has 0 aliphatic heterocycles. The Morgan fingerprint density at radius 1 is 1.18 bits per heavy atom. The predicted molar refractivity (Wildman–Crippen MR) is 90.1 cm³/mol. The van der Waals surface area contributed by atoms with Crippen LogP contribution in [0, 0.1) is 11.8 Å². The number of unbranched alkanes of at least 4 members (excludes halogenated alkanes) is 3. The second-order valence-corrected chi connectivity index (χ2v) is 6.73. The topological polar surface area (TPSA) is 58.2 Å². The molecule has 0 unspecified atom stereocenters. The number of hydrogen-bond donors (Lipinski definition) is 2. The minimum absolute atomic E-state index is 0.0686. The zero-order chi connectivity index (χ0) is 15.9. The average Bonchev–Trinajstić information content (AvgIpc) is 3.29. The van der Waals surface area contributed by atoms with Crippen molar-refractivity contribution in [2.45, 2.75) is 45.4 Å². The Morgan fingerprint density at radius 3 is 2.68 bits per heavy atom. The molecule has 0 spiro atoms. The van der Waals surface area contributed by atoms with Gasteiger partial charge >= 0.3 is 0 Å². The summed E-state index contributed by atoms with van der Waals surface area (Å²) in [4.78, 5) is 24.0. The van der Waals surface area contributed by atoms with E-state index in [0.29, 0.717) is 16.0 Å². The maximum atomic E-state index is 12.0. The molecule has 5 heteroatoms. The summed E-state index contributed by atoms with van der Waals surface area (Å²) in [5.41, 5.74) is 5.54. The fraction of sp³-hybridized carbons (Fsp3) is 0.529. The van der Waals surface area contributed by atoms with Crippen LogP contribution in [0.3, 0.4) is 0 Å². The van der Waals surface area contributed by atoms with Crippen molar-refractivity contribution in [2.24, 2.45) is 11.8 Å². The maximum Gasteiger partial charge on any atom is 0.270 e. The maximum absolute atomic E-state index is 12.0. The van der Waals surface area contributed by atoms with Gasteiger partial charge in [-0.05, 0) is 46.8 Å². The molecular formula is C17H23BrN2O2. The van der Waals surface area contributed by atoms with Crippen molar-refractivity contribution in [1.82, 2.24) is 10.9 Å². The van der Waals surface area contributed by atoms with Gasteiger partial charge in [0, 0.05) is 10.4 Å². The van der Waals surface area contributed by atoms with Crippen LogP contribution in [0.1, 0.15) is 55.8 Å². The van der Waals surface area contributed by atoms with E-state index in [0.717, 1.165) is 12.8 Å². The first-order chi connectivity index (χ1) is 10.6. The number of carbonyl (C=O) groups is 2. The Balaban J connectivity index is 1.69. The molecule has 2 N–H and O–H groups in total. The second kappa shape index (κ2) is 8.32. The van der Waals surface area contributed by atoms with E-state index in [-0.39, 0.29) is 17.7 Å². The fourth-order valence-electron chi connectivity index (χ4n) is 2.64. The fourth-order valence-corrected chi connectivity index (χ4v) is 3.11. The Morgan fingerprint density at radius 2 is 1.95 bits per heavy atom. The van der Waals surface area contributed by atoms with Crippen LogP contribution in [0.2, 0.25) is 0 Å². The molecule has 120 valence electrons. The summed E-state index contributed by atoms with van der Waals surface area (Å²) in [6.07, 6.45) is 7.02. The monoisotopic (exact) mass is 366 g/mol. The van der Waals surface area contributed by atoms with Gasteiger partial charge in [-0.25, -0.2) is 0 Å². The van der Waals surface area contributed by atoms with E-state index in [1.165, 1.54) is 25.7 Å². The van der Waals surface area contributed by atoms with Crippen molar-refractivity contribution in [1.29, 1.82) is 0 Å². The lowest BCUT2D eigenvalue weighted by Crippen LogP contribution is -2.42. The van der Waals surface area contributed by atoms with Gasteiger partial charge < -0.3 is 0 Å². The van der Waals surface area contributed by atoms with Crippen molar-refractivity contribution in [3.8, 4) is 0 Å². The first-order valence-electron chi connectivity index (χ1n) is 7.98. The van der Waals surface area contributed by atoms with Gasteiger partial charge in [-0.2, -0.15) is 0 Å². The normalized spacial score (nSPS) is 19.5. The minimum atomic E-state index is -0.305. The summed E-state index contributed by atoms with van der Waals surface area (Å²) < 4.78 is 0.710. The number of hydrazine groups is 1. The van der Waals surface area contributed by atoms with Crippen LogP contribution in [0.25, 0.3) is 0 Å². The van der Waals surface area contributed by atoms with E-state index < -0.39 is 0 Å². The van der Waals surface area contributed by atoms with Gasteiger partial charge in [0.15, 0.2) is 0 Å². The molecule has 2 amide bonds. The molecule has 4 nitrogen and oxygen atoms in total. The zero-order valence-electron chi connectivity index (χ0n) is 12.9. The van der Waals surface area contributed by atoms with Gasteiger partial charge in [0.25, 0.3) is 5.91 Å². The molecule has 22 heavy (non-hydrogen) atoms. The van der Waals surface area contributed by atoms with E-state index in [1.54, 1.807) is 18.2 Å². The van der Waals surface area contributed by atoms with Crippen molar-refractivity contribution in [3.05, 3.63) is 34.3 Å². The minimum Gasteiger partial charge on any atom is -0.273 e. The Bertz CT molecular complexity index is 533. The molecule has 1 aromatic carbocycles. The highest BCUT2D eigenvalue weighted by molar-refractivity contribution is 9.10. The molecule has 2 rings (SSSR count). The smallest absolute Gasteiger partial charge is 0.270 e. The summed E-state index contributed by atoms with van der Waals surface area (Å²) >= 11 is 3.32. The van der Waals surface area contributed by atoms with Crippen molar-refractivity contribution in [2.75, 3.05) is 0 Å². The highest BCUT2D eigenvalue weighted by Crippen LogP contribution is 2.42. The van der Waals surface area contributed by atoms with Crippen LogP contribution in [0.4, 0.5) is 0 Å². The number of halogens is 1. The third-order valence-corrected chi connectivity index (χ3v) is 4.80. The van der Waals surface area contributed by atoms with Gasteiger partial charge in [0.1, 0.15) is 0 Å². The number of amides is 2. The van der Waals surface area contributed by atoms with E-state index in [4.69, 9.17) is 0 Å². The predicted octanol–water partition coefficient (Wildman–Crippen LogP) is 3.82. The molecule has 0 heterocycles. The van der Waals surface area contributed by atoms with Crippen LogP contribution >= 0.6 is 15.9 Å². The summed E-state index contributed by atoms with van der Waals surface area (Å²) in [6.45, 7) is 2.20.